The van der Waals surface area contributed by atoms with E-state index in [9.17, 15) is 4.79 Å². The van der Waals surface area contributed by atoms with Gasteiger partial charge >= 0.3 is 5.97 Å². The topological polar surface area (TPSA) is 120 Å². The zero-order valence-corrected chi connectivity index (χ0v) is 16.9. The number of nitrogens with one attached hydrogen (secondary N) is 2. The van der Waals surface area contributed by atoms with E-state index in [1.54, 1.807) is 30.0 Å². The SMILES string of the molecule is O=C(O)c1ccc2nc(SCc3ccc(-c4ccccc4-c4nn[nH]n4)cc3)[nH]c2c1. The molecule has 0 aliphatic heterocycles. The van der Waals surface area contributed by atoms with Crippen molar-refractivity contribution >= 4 is 28.8 Å². The number of rotatable bonds is 6. The first-order valence-corrected chi connectivity index (χ1v) is 10.4. The Morgan fingerprint density at radius 2 is 1.81 bits per heavy atom. The minimum Gasteiger partial charge on any atom is -0.478 e. The van der Waals surface area contributed by atoms with Gasteiger partial charge in [-0.2, -0.15) is 5.21 Å². The van der Waals surface area contributed by atoms with Crippen LogP contribution in [0.1, 0.15) is 15.9 Å². The van der Waals surface area contributed by atoms with E-state index in [-0.39, 0.29) is 5.56 Å². The lowest BCUT2D eigenvalue weighted by molar-refractivity contribution is 0.0697. The summed E-state index contributed by atoms with van der Waals surface area (Å²) in [6, 6.07) is 21.1. The molecule has 0 spiro atoms. The molecule has 3 aromatic carbocycles. The van der Waals surface area contributed by atoms with E-state index in [4.69, 9.17) is 5.11 Å². The fraction of sp³-hybridized carbons (Fsp3) is 0.0455. The number of benzene rings is 3. The maximum absolute atomic E-state index is 11.1. The van der Waals surface area contributed by atoms with Crippen molar-refractivity contribution in [3.8, 4) is 22.5 Å². The number of fused-ring (bicyclic) bond motifs is 1. The highest BCUT2D eigenvalue weighted by Gasteiger charge is 2.11. The lowest BCUT2D eigenvalue weighted by Gasteiger charge is -2.07. The summed E-state index contributed by atoms with van der Waals surface area (Å²) in [4.78, 5) is 18.8. The van der Waals surface area contributed by atoms with Crippen LogP contribution in [-0.4, -0.2) is 41.7 Å². The minimum atomic E-state index is -0.952. The summed E-state index contributed by atoms with van der Waals surface area (Å²) < 4.78 is 0. The molecule has 152 valence electrons. The first-order chi connectivity index (χ1) is 15.2. The summed E-state index contributed by atoms with van der Waals surface area (Å²) in [5.41, 5.74) is 5.88. The van der Waals surface area contributed by atoms with Gasteiger partial charge in [0.2, 0.25) is 5.82 Å². The molecular formula is C22H16N6O2S. The molecule has 0 aliphatic rings. The van der Waals surface area contributed by atoms with E-state index in [1.165, 1.54) is 0 Å². The maximum atomic E-state index is 11.1. The summed E-state index contributed by atoms with van der Waals surface area (Å²) in [6.07, 6.45) is 0. The average Bonchev–Trinajstić information content (AvgIpc) is 3.47. The molecular weight excluding hydrogens is 412 g/mol. The van der Waals surface area contributed by atoms with Crippen LogP contribution in [0.15, 0.2) is 71.9 Å². The third-order valence-corrected chi connectivity index (χ3v) is 5.81. The fourth-order valence-corrected chi connectivity index (χ4v) is 4.17. The van der Waals surface area contributed by atoms with Crippen LogP contribution in [-0.2, 0) is 5.75 Å². The van der Waals surface area contributed by atoms with Crippen molar-refractivity contribution < 1.29 is 9.90 Å². The Balaban J connectivity index is 1.33. The van der Waals surface area contributed by atoms with E-state index < -0.39 is 5.97 Å². The molecule has 0 amide bonds. The van der Waals surface area contributed by atoms with E-state index in [0.29, 0.717) is 5.82 Å². The maximum Gasteiger partial charge on any atom is 0.335 e. The molecule has 0 saturated carbocycles. The molecule has 9 heteroatoms. The van der Waals surface area contributed by atoms with Gasteiger partial charge in [-0.15, -0.1) is 10.2 Å². The van der Waals surface area contributed by atoms with Crippen LogP contribution in [0.25, 0.3) is 33.5 Å². The van der Waals surface area contributed by atoms with E-state index in [1.807, 2.05) is 24.3 Å². The van der Waals surface area contributed by atoms with E-state index in [2.05, 4.69) is 54.9 Å². The minimum absolute atomic E-state index is 0.240. The molecule has 5 aromatic rings. The van der Waals surface area contributed by atoms with Crippen molar-refractivity contribution in [1.82, 2.24) is 30.6 Å². The molecule has 3 N–H and O–H groups in total. The van der Waals surface area contributed by atoms with E-state index >= 15 is 0 Å². The van der Waals surface area contributed by atoms with Gasteiger partial charge in [0.05, 0.1) is 16.6 Å². The van der Waals surface area contributed by atoms with Gasteiger partial charge in [0, 0.05) is 11.3 Å². The number of H-pyrrole nitrogens is 2. The third kappa shape index (κ3) is 3.90. The number of aromatic nitrogens is 6. The Bertz CT molecular complexity index is 1360. The van der Waals surface area contributed by atoms with Crippen molar-refractivity contribution in [2.24, 2.45) is 0 Å². The Morgan fingerprint density at radius 3 is 2.55 bits per heavy atom. The highest BCUT2D eigenvalue weighted by molar-refractivity contribution is 7.98. The highest BCUT2D eigenvalue weighted by Crippen LogP contribution is 2.31. The monoisotopic (exact) mass is 428 g/mol. The second-order valence-corrected chi connectivity index (χ2v) is 7.81. The molecule has 8 nitrogen and oxygen atoms in total. The molecule has 0 fully saturated rings. The van der Waals surface area contributed by atoms with Crippen LogP contribution in [0.5, 0.6) is 0 Å². The smallest absolute Gasteiger partial charge is 0.335 e. The van der Waals surface area contributed by atoms with Crippen molar-refractivity contribution in [2.75, 3.05) is 0 Å². The lowest BCUT2D eigenvalue weighted by atomic mass is 9.98. The van der Waals surface area contributed by atoms with Crippen molar-refractivity contribution in [3.05, 3.63) is 77.9 Å². The molecule has 2 aromatic heterocycles. The fourth-order valence-electron chi connectivity index (χ4n) is 3.33. The summed E-state index contributed by atoms with van der Waals surface area (Å²) in [6.45, 7) is 0. The number of hydrogen-bond acceptors (Lipinski definition) is 6. The summed E-state index contributed by atoms with van der Waals surface area (Å²) in [7, 11) is 0. The number of aromatic carboxylic acids is 1. The molecule has 31 heavy (non-hydrogen) atoms. The first-order valence-electron chi connectivity index (χ1n) is 9.45. The third-order valence-electron chi connectivity index (χ3n) is 4.86. The number of imidazole rings is 1. The van der Waals surface area contributed by atoms with Crippen molar-refractivity contribution in [2.45, 2.75) is 10.9 Å². The number of aromatic amines is 2. The predicted octanol–water partition coefficient (Wildman–Crippen LogP) is 4.40. The molecule has 0 aliphatic carbocycles. The van der Waals surface area contributed by atoms with Crippen molar-refractivity contribution in [3.63, 3.8) is 0 Å². The normalized spacial score (nSPS) is 11.1. The lowest BCUT2D eigenvalue weighted by Crippen LogP contribution is -1.94. The molecule has 2 heterocycles. The van der Waals surface area contributed by atoms with Crippen molar-refractivity contribution in [1.29, 1.82) is 0 Å². The molecule has 0 unspecified atom stereocenters. The second-order valence-electron chi connectivity index (χ2n) is 6.85. The van der Waals surface area contributed by atoms with Gasteiger partial charge in [0.15, 0.2) is 5.16 Å². The highest BCUT2D eigenvalue weighted by atomic mass is 32.2. The zero-order chi connectivity index (χ0) is 21.2. The van der Waals surface area contributed by atoms with Gasteiger partial charge in [-0.3, -0.25) is 0 Å². The van der Waals surface area contributed by atoms with Crippen LogP contribution in [0.4, 0.5) is 0 Å². The van der Waals surface area contributed by atoms with Gasteiger partial charge < -0.3 is 10.1 Å². The number of tetrazole rings is 1. The van der Waals surface area contributed by atoms with Crippen LogP contribution in [0.3, 0.4) is 0 Å². The number of carboxylic acids is 1. The number of hydrogen-bond donors (Lipinski definition) is 3. The number of carboxylic acid groups (broad SMARTS) is 1. The number of nitrogens with zero attached hydrogens (tertiary/aromatic N) is 4. The number of thioether (sulfide) groups is 1. The molecule has 0 bridgehead atoms. The summed E-state index contributed by atoms with van der Waals surface area (Å²) in [5, 5.41) is 24.2. The van der Waals surface area contributed by atoms with Gasteiger partial charge in [-0.05, 0) is 40.1 Å². The Kier molecular flexibility index (Phi) is 4.93. The van der Waals surface area contributed by atoms with Gasteiger partial charge in [-0.25, -0.2) is 9.78 Å². The predicted molar refractivity (Wildman–Crippen MR) is 118 cm³/mol. The standard InChI is InChI=1S/C22H16N6O2S/c29-21(30)15-9-10-18-19(11-15)24-22(23-18)31-12-13-5-7-14(8-6-13)16-3-1-2-4-17(16)20-25-27-28-26-20/h1-11H,12H2,(H,23,24)(H,29,30)(H,25,26,27,28). The summed E-state index contributed by atoms with van der Waals surface area (Å²) in [5.74, 6) is 0.344. The Labute approximate surface area is 180 Å². The van der Waals surface area contributed by atoms with Gasteiger partial charge in [0.25, 0.3) is 0 Å². The Morgan fingerprint density at radius 1 is 1.00 bits per heavy atom. The van der Waals surface area contributed by atoms with Crippen LogP contribution < -0.4 is 0 Å². The van der Waals surface area contributed by atoms with Gasteiger partial charge in [0.1, 0.15) is 0 Å². The molecule has 5 rings (SSSR count). The number of carbonyl (C=O) groups is 1. The Hall–Kier alpha value is -3.98. The first kappa shape index (κ1) is 19.0. The van der Waals surface area contributed by atoms with Gasteiger partial charge in [-0.1, -0.05) is 60.3 Å². The second kappa shape index (κ2) is 8.04. The molecule has 0 atom stereocenters. The zero-order valence-electron chi connectivity index (χ0n) is 16.1. The largest absolute Gasteiger partial charge is 0.478 e. The average molecular weight is 428 g/mol. The molecule has 0 saturated heterocycles. The van der Waals surface area contributed by atoms with E-state index in [0.717, 1.165) is 44.2 Å². The quantitative estimate of drug-likeness (QED) is 0.343. The van der Waals surface area contributed by atoms with Crippen LogP contribution in [0.2, 0.25) is 0 Å². The van der Waals surface area contributed by atoms with Crippen LogP contribution >= 0.6 is 11.8 Å². The molecule has 0 radical (unpaired) electrons. The van der Waals surface area contributed by atoms with Crippen LogP contribution in [0, 0.1) is 0 Å². The summed E-state index contributed by atoms with van der Waals surface area (Å²) >= 11 is 1.57.